The minimum absolute atomic E-state index is 0.737. The average Bonchev–Trinajstić information content (AvgIpc) is 2.42. The lowest BCUT2D eigenvalue weighted by Gasteiger charge is -2.12. The molecule has 0 unspecified atom stereocenters. The Morgan fingerprint density at radius 3 is 2.24 bits per heavy atom. The first kappa shape index (κ1) is 15.3. The summed E-state index contributed by atoms with van der Waals surface area (Å²) < 4.78 is 0. The van der Waals surface area contributed by atoms with Crippen molar-refractivity contribution in [1.29, 1.82) is 0 Å². The maximum Gasteiger partial charge on any atom is 0.328 e. The predicted molar refractivity (Wildman–Crippen MR) is 86.8 cm³/mol. The molecule has 2 rings (SSSR count). The standard InChI is InChI=1S/C18H17ClO2/c1-12-9-15(5-8-18(20)21)10-13(2)17(12)11-14-3-6-16(19)7-4-14/h3-10H,11H2,1-2H3,(H,20,21). The molecule has 0 aromatic heterocycles. The number of carbonyl (C=O) groups is 1. The van der Waals surface area contributed by atoms with Gasteiger partial charge in [0.2, 0.25) is 0 Å². The Morgan fingerprint density at radius 2 is 1.71 bits per heavy atom. The summed E-state index contributed by atoms with van der Waals surface area (Å²) in [5.41, 5.74) is 5.71. The van der Waals surface area contributed by atoms with Crippen LogP contribution in [-0.4, -0.2) is 11.1 Å². The topological polar surface area (TPSA) is 37.3 Å². The molecule has 0 aliphatic carbocycles. The second kappa shape index (κ2) is 6.59. The van der Waals surface area contributed by atoms with E-state index in [1.807, 2.05) is 36.4 Å². The summed E-state index contributed by atoms with van der Waals surface area (Å²) in [4.78, 5) is 10.6. The lowest BCUT2D eigenvalue weighted by Crippen LogP contribution is -1.97. The van der Waals surface area contributed by atoms with Gasteiger partial charge in [0.25, 0.3) is 0 Å². The number of halogens is 1. The highest BCUT2D eigenvalue weighted by Gasteiger charge is 2.06. The van der Waals surface area contributed by atoms with Crippen LogP contribution >= 0.6 is 11.6 Å². The van der Waals surface area contributed by atoms with Crippen molar-refractivity contribution in [3.8, 4) is 0 Å². The molecule has 0 fully saturated rings. The number of hydrogen-bond acceptors (Lipinski definition) is 1. The Morgan fingerprint density at radius 1 is 1.14 bits per heavy atom. The number of benzene rings is 2. The lowest BCUT2D eigenvalue weighted by molar-refractivity contribution is -0.131. The van der Waals surface area contributed by atoms with Gasteiger partial charge in [0.1, 0.15) is 0 Å². The summed E-state index contributed by atoms with van der Waals surface area (Å²) >= 11 is 5.90. The monoisotopic (exact) mass is 300 g/mol. The molecule has 1 N–H and O–H groups in total. The molecule has 0 aliphatic rings. The van der Waals surface area contributed by atoms with E-state index < -0.39 is 5.97 Å². The van der Waals surface area contributed by atoms with Crippen molar-refractivity contribution in [2.45, 2.75) is 20.3 Å². The van der Waals surface area contributed by atoms with Crippen molar-refractivity contribution in [2.24, 2.45) is 0 Å². The Bertz CT molecular complexity index is 662. The van der Waals surface area contributed by atoms with Gasteiger partial charge in [-0.25, -0.2) is 4.79 Å². The van der Waals surface area contributed by atoms with Crippen LogP contribution in [0.2, 0.25) is 5.02 Å². The van der Waals surface area contributed by atoms with Crippen LogP contribution in [0, 0.1) is 13.8 Å². The molecular formula is C18H17ClO2. The van der Waals surface area contributed by atoms with Gasteiger partial charge in [-0.3, -0.25) is 0 Å². The molecule has 21 heavy (non-hydrogen) atoms. The molecule has 0 saturated carbocycles. The van der Waals surface area contributed by atoms with E-state index >= 15 is 0 Å². The Balaban J connectivity index is 2.28. The van der Waals surface area contributed by atoms with E-state index in [9.17, 15) is 4.79 Å². The number of rotatable bonds is 4. The Hall–Kier alpha value is -2.06. The van der Waals surface area contributed by atoms with Gasteiger partial charge < -0.3 is 5.11 Å². The van der Waals surface area contributed by atoms with Gasteiger partial charge in [-0.2, -0.15) is 0 Å². The van der Waals surface area contributed by atoms with Gasteiger partial charge in [0, 0.05) is 11.1 Å². The van der Waals surface area contributed by atoms with E-state index in [-0.39, 0.29) is 0 Å². The van der Waals surface area contributed by atoms with Crippen LogP contribution < -0.4 is 0 Å². The van der Waals surface area contributed by atoms with Crippen LogP contribution in [0.3, 0.4) is 0 Å². The summed E-state index contributed by atoms with van der Waals surface area (Å²) in [5, 5.41) is 9.43. The van der Waals surface area contributed by atoms with Crippen LogP contribution in [0.5, 0.6) is 0 Å². The highest BCUT2D eigenvalue weighted by Crippen LogP contribution is 2.22. The normalized spacial score (nSPS) is 11.0. The predicted octanol–water partition coefficient (Wildman–Crippen LogP) is 4.65. The van der Waals surface area contributed by atoms with E-state index in [1.54, 1.807) is 6.08 Å². The molecule has 0 aliphatic heterocycles. The number of aliphatic carboxylic acids is 1. The Kier molecular flexibility index (Phi) is 4.81. The minimum Gasteiger partial charge on any atom is -0.478 e. The molecule has 0 radical (unpaired) electrons. The number of carboxylic acid groups (broad SMARTS) is 1. The average molecular weight is 301 g/mol. The van der Waals surface area contributed by atoms with Crippen molar-refractivity contribution in [3.63, 3.8) is 0 Å². The van der Waals surface area contributed by atoms with Crippen molar-refractivity contribution in [3.05, 3.63) is 75.3 Å². The second-order valence-corrected chi connectivity index (χ2v) is 5.54. The van der Waals surface area contributed by atoms with Crippen LogP contribution in [0.4, 0.5) is 0 Å². The smallest absolute Gasteiger partial charge is 0.328 e. The summed E-state index contributed by atoms with van der Waals surface area (Å²) in [6.07, 6.45) is 3.62. The highest BCUT2D eigenvalue weighted by molar-refractivity contribution is 6.30. The molecule has 0 heterocycles. The second-order valence-electron chi connectivity index (χ2n) is 5.11. The van der Waals surface area contributed by atoms with Crippen molar-refractivity contribution >= 4 is 23.6 Å². The summed E-state index contributed by atoms with van der Waals surface area (Å²) in [6.45, 7) is 4.10. The highest BCUT2D eigenvalue weighted by atomic mass is 35.5. The molecule has 108 valence electrons. The molecule has 2 aromatic rings. The van der Waals surface area contributed by atoms with Gasteiger partial charge in [0.05, 0.1) is 0 Å². The van der Waals surface area contributed by atoms with Crippen molar-refractivity contribution in [2.75, 3.05) is 0 Å². The van der Waals surface area contributed by atoms with E-state index in [1.165, 1.54) is 11.1 Å². The van der Waals surface area contributed by atoms with Crippen LogP contribution in [0.15, 0.2) is 42.5 Å². The van der Waals surface area contributed by atoms with E-state index in [4.69, 9.17) is 16.7 Å². The molecule has 0 bridgehead atoms. The molecule has 0 saturated heterocycles. The minimum atomic E-state index is -0.935. The first-order valence-electron chi connectivity index (χ1n) is 6.71. The summed E-state index contributed by atoms with van der Waals surface area (Å²) in [7, 11) is 0. The fraction of sp³-hybridized carbons (Fsp3) is 0.167. The maximum atomic E-state index is 10.6. The first-order chi connectivity index (χ1) is 9.95. The summed E-state index contributed by atoms with van der Waals surface area (Å²) in [5.74, 6) is -0.935. The number of hydrogen-bond donors (Lipinski definition) is 1. The maximum absolute atomic E-state index is 10.6. The van der Waals surface area contributed by atoms with Crippen molar-refractivity contribution < 1.29 is 9.90 Å². The molecule has 0 atom stereocenters. The van der Waals surface area contributed by atoms with E-state index in [0.717, 1.165) is 34.2 Å². The fourth-order valence-electron chi connectivity index (χ4n) is 2.38. The fourth-order valence-corrected chi connectivity index (χ4v) is 2.50. The summed E-state index contributed by atoms with van der Waals surface area (Å²) in [6, 6.07) is 11.9. The Labute approximate surface area is 129 Å². The molecule has 0 spiro atoms. The quantitative estimate of drug-likeness (QED) is 0.835. The van der Waals surface area contributed by atoms with E-state index in [2.05, 4.69) is 13.8 Å². The van der Waals surface area contributed by atoms with Crippen LogP contribution in [-0.2, 0) is 11.2 Å². The molecule has 0 amide bonds. The third-order valence-corrected chi connectivity index (χ3v) is 3.68. The SMILES string of the molecule is Cc1cc(C=CC(=O)O)cc(C)c1Cc1ccc(Cl)cc1. The van der Waals surface area contributed by atoms with Crippen LogP contribution in [0.1, 0.15) is 27.8 Å². The van der Waals surface area contributed by atoms with Gasteiger partial charge in [-0.15, -0.1) is 0 Å². The number of aryl methyl sites for hydroxylation is 2. The third kappa shape index (κ3) is 4.20. The zero-order chi connectivity index (χ0) is 15.4. The molecule has 2 nitrogen and oxygen atoms in total. The number of carboxylic acids is 1. The van der Waals surface area contributed by atoms with Crippen molar-refractivity contribution in [1.82, 2.24) is 0 Å². The first-order valence-corrected chi connectivity index (χ1v) is 7.09. The van der Waals surface area contributed by atoms with Crippen LogP contribution in [0.25, 0.3) is 6.08 Å². The van der Waals surface area contributed by atoms with Gasteiger partial charge in [-0.1, -0.05) is 35.9 Å². The largest absolute Gasteiger partial charge is 0.478 e. The van der Waals surface area contributed by atoms with Gasteiger partial charge in [-0.05, 0) is 66.3 Å². The lowest BCUT2D eigenvalue weighted by atomic mass is 9.94. The molecule has 2 aromatic carbocycles. The van der Waals surface area contributed by atoms with Gasteiger partial charge in [0.15, 0.2) is 0 Å². The third-order valence-electron chi connectivity index (χ3n) is 3.43. The molecular weight excluding hydrogens is 284 g/mol. The zero-order valence-electron chi connectivity index (χ0n) is 12.1. The molecule has 3 heteroatoms. The van der Waals surface area contributed by atoms with E-state index in [0.29, 0.717) is 0 Å². The van der Waals surface area contributed by atoms with Gasteiger partial charge >= 0.3 is 5.97 Å². The zero-order valence-corrected chi connectivity index (χ0v) is 12.8.